The predicted octanol–water partition coefficient (Wildman–Crippen LogP) is 19.2. The van der Waals surface area contributed by atoms with Crippen LogP contribution < -0.4 is 33.2 Å². The molecule has 804 valence electrons. The Hall–Kier alpha value is -10.6. The van der Waals surface area contributed by atoms with Gasteiger partial charge in [-0.15, -0.1) is 0 Å². The van der Waals surface area contributed by atoms with Gasteiger partial charge >= 0.3 is 36.8 Å². The third-order valence-electron chi connectivity index (χ3n) is 30.5. The number of piperazine rings is 1. The number of nitrogen functional groups attached to an aromatic ring is 3. The summed E-state index contributed by atoms with van der Waals surface area (Å²) in [5, 5.41) is 7.90. The smallest absolute Gasteiger partial charge is 0.418 e. The number of rotatable bonds is 18. The van der Waals surface area contributed by atoms with Crippen molar-refractivity contribution in [2.75, 3.05) is 177 Å². The topological polar surface area (TPSA) is 334 Å². The van der Waals surface area contributed by atoms with Crippen LogP contribution >= 0.6 is 34.8 Å². The minimum Gasteiger partial charge on any atom is -0.436 e. The maximum Gasteiger partial charge on any atom is 0.418 e. The molecule has 8 saturated heterocycles. The summed E-state index contributed by atoms with van der Waals surface area (Å²) in [6, 6.07) is 29.7. The Balaban J connectivity index is 0.000000180. The number of nitrogens with one attached hydrogen (secondary N) is 3. The molecular formula is C107H139Cl3F9N15O13. The van der Waals surface area contributed by atoms with Gasteiger partial charge in [0.1, 0.15) is 0 Å². The lowest BCUT2D eigenvalue weighted by Gasteiger charge is -2.44. The van der Waals surface area contributed by atoms with Crippen molar-refractivity contribution < 1.29 is 102 Å². The lowest BCUT2D eigenvalue weighted by molar-refractivity contribution is -0.143. The Bertz CT molecular complexity index is 5570. The van der Waals surface area contributed by atoms with E-state index in [0.29, 0.717) is 167 Å². The van der Waals surface area contributed by atoms with Gasteiger partial charge in [0.15, 0.2) is 18.3 Å². The summed E-state index contributed by atoms with van der Waals surface area (Å²) < 4.78 is 147. The SMILES string of the molecule is CC.CC.CC.Nc1c(Cl)cc(C[C@@H](OC(=O)N2CCC3(CC2)CC(=O)Nc2ccccc23)C(=O)N2CCC(CCN3CCCCC3)CC2)cc1C(F)(F)F.Nc1c(Cl)cc(C[C@@H](OC(=O)N2CCC3(CC2)CC(=O)Nc2ccccc23)C(=O)N2CCC(N3CCOCC3)CC2)cc1C(F)(F)F.Nc1c(Cl)cc(C[C@@H](OC(=O)N2CCC3(CC2)CC(=O)Nc2ccccc23)C(=O)N2CCN(CC3CC3)CC2)cc1C(F)(F)F. The Morgan fingerprint density at radius 3 is 1.02 bits per heavy atom. The fourth-order valence-electron chi connectivity index (χ4n) is 22.3. The maximum atomic E-state index is 14.0. The van der Waals surface area contributed by atoms with Gasteiger partial charge in [0.2, 0.25) is 17.7 Å². The molecule has 0 aromatic heterocycles. The average molecular weight is 2120 g/mol. The molecule has 9 N–H and O–H groups in total. The maximum absolute atomic E-state index is 14.0. The quantitative estimate of drug-likeness (QED) is 0.0264. The highest BCUT2D eigenvalue weighted by molar-refractivity contribution is 6.34. The first-order chi connectivity index (χ1) is 70.3. The Kier molecular flexibility index (Phi) is 38.9. The van der Waals surface area contributed by atoms with Crippen molar-refractivity contribution in [2.24, 2.45) is 11.8 Å². The number of para-hydroxylation sites is 3. The third kappa shape index (κ3) is 28.4. The number of amides is 9. The van der Waals surface area contributed by atoms with E-state index in [1.165, 1.54) is 65.0 Å². The molecular weight excluding hydrogens is 1980 g/mol. The molecule has 0 radical (unpaired) electrons. The second kappa shape index (κ2) is 50.4. The molecule has 18 rings (SSSR count). The monoisotopic (exact) mass is 2120 g/mol. The molecule has 40 heteroatoms. The number of nitrogens with zero attached hydrogens (tertiary/aromatic N) is 9. The number of morpholine rings is 1. The first-order valence-corrected chi connectivity index (χ1v) is 53.0. The number of carbonyl (C=O) groups excluding carboxylic acids is 9. The molecule has 28 nitrogen and oxygen atoms in total. The zero-order chi connectivity index (χ0) is 106. The van der Waals surface area contributed by atoms with E-state index in [4.69, 9.17) is 71.0 Å². The normalized spacial score (nSPS) is 20.2. The Labute approximate surface area is 868 Å². The van der Waals surface area contributed by atoms with Gasteiger partial charge in [0.05, 0.1) is 62.0 Å². The molecule has 0 bridgehead atoms. The van der Waals surface area contributed by atoms with Gasteiger partial charge in [-0.2, -0.15) is 39.5 Å². The number of hydrogen-bond donors (Lipinski definition) is 6. The highest BCUT2D eigenvalue weighted by Crippen LogP contribution is 2.51. The molecule has 1 aliphatic carbocycles. The van der Waals surface area contributed by atoms with Crippen LogP contribution in [0.5, 0.6) is 0 Å². The van der Waals surface area contributed by atoms with Crippen molar-refractivity contribution in [2.45, 2.75) is 242 Å². The van der Waals surface area contributed by atoms with E-state index in [1.54, 1.807) is 14.7 Å². The third-order valence-corrected chi connectivity index (χ3v) is 31.5. The molecule has 11 heterocycles. The molecule has 12 aliphatic rings. The van der Waals surface area contributed by atoms with Crippen LogP contribution in [-0.2, 0) is 102 Å². The fraction of sp³-hybridized carbons (Fsp3) is 0.579. The Morgan fingerprint density at radius 2 is 0.701 bits per heavy atom. The lowest BCUT2D eigenvalue weighted by atomic mass is 9.68. The number of likely N-dealkylation sites (tertiary alicyclic amines) is 6. The van der Waals surface area contributed by atoms with Gasteiger partial charge in [-0.1, -0.05) is 137 Å². The minimum atomic E-state index is -4.76. The standard InChI is InChI=1S/C36H45ClF3N5O4.C33H39ClF3N5O5.C32H37ClF3N5O4.3C2H6/c37-28-21-25(20-27(32(28)41)36(38,39)40)22-30(33(47)44-16-9-24(10-17-44)8-15-43-13-4-1-5-14-43)49-34(48)45-18-11-35(12-19-45)23-31(46)42-29-7-3-2-6-26(29)35;34-25-18-21(17-24(29(25)38)33(35,36)37)19-27(30(44)41-9-5-22(6-10-41)40-13-15-46-16-14-40)47-31(45)42-11-7-32(8-12-42)20-28(43)39-26-4-2-1-3-23(26)32;33-24-16-21(15-23(28(24)37)32(34,35)36)17-26(29(43)40-13-11-39(12-14-40)19-20-5-6-20)45-30(44)41-9-7-31(8-10-41)18-27(42)38-25-4-2-1-3-22(25)31;3*1-2/h2-3,6-7,20-21,24,30H,1,4-5,8-19,22-23,41H2,(H,42,46);1-4,17-18,22,27H,5-16,19-20,38H2,(H,39,43);1-4,15-16,20,26H,5-14,17-19,37H2,(H,38,42);3*1-2H3/t30-;27-;26-;;;/m111.../s1. The van der Waals surface area contributed by atoms with Crippen LogP contribution in [-0.4, -0.2) is 266 Å². The number of halogens is 12. The van der Waals surface area contributed by atoms with Crippen LogP contribution in [0.2, 0.25) is 15.1 Å². The summed E-state index contributed by atoms with van der Waals surface area (Å²) in [4.78, 5) is 137. The molecule has 3 atom stereocenters. The largest absolute Gasteiger partial charge is 0.436 e. The molecule has 147 heavy (non-hydrogen) atoms. The molecule has 9 fully saturated rings. The van der Waals surface area contributed by atoms with Gasteiger partial charge in [-0.3, -0.25) is 38.6 Å². The molecule has 6 aromatic rings. The van der Waals surface area contributed by atoms with E-state index in [9.17, 15) is 82.7 Å². The summed E-state index contributed by atoms with van der Waals surface area (Å²) in [6.07, 6.45) is -7.01. The number of benzene rings is 6. The van der Waals surface area contributed by atoms with Crippen molar-refractivity contribution in [1.29, 1.82) is 0 Å². The number of ether oxygens (including phenoxy) is 4. The minimum absolute atomic E-state index is 0.0731. The van der Waals surface area contributed by atoms with Gasteiger partial charge < -0.3 is 86.4 Å². The van der Waals surface area contributed by atoms with Crippen molar-refractivity contribution in [3.8, 4) is 0 Å². The van der Waals surface area contributed by atoms with E-state index in [1.807, 2.05) is 114 Å². The number of fused-ring (bicyclic) bond motifs is 6. The first-order valence-electron chi connectivity index (χ1n) is 51.9. The van der Waals surface area contributed by atoms with Crippen molar-refractivity contribution >= 4 is 123 Å². The zero-order valence-electron chi connectivity index (χ0n) is 84.6. The summed E-state index contributed by atoms with van der Waals surface area (Å²) in [6.45, 7) is 25.1. The van der Waals surface area contributed by atoms with Crippen molar-refractivity contribution in [3.63, 3.8) is 0 Å². The van der Waals surface area contributed by atoms with Gasteiger partial charge in [0.25, 0.3) is 17.7 Å². The molecule has 9 amide bonds. The van der Waals surface area contributed by atoms with Crippen LogP contribution in [0.15, 0.2) is 109 Å². The number of hydrogen-bond acceptors (Lipinski definition) is 19. The summed E-state index contributed by atoms with van der Waals surface area (Å²) in [7, 11) is 0. The number of carbonyl (C=O) groups is 9. The van der Waals surface area contributed by atoms with Gasteiger partial charge in [0, 0.05) is 189 Å². The van der Waals surface area contributed by atoms with Crippen molar-refractivity contribution in [3.05, 3.63) is 174 Å². The highest BCUT2D eigenvalue weighted by atomic mass is 35.5. The van der Waals surface area contributed by atoms with Crippen LogP contribution in [0.25, 0.3) is 0 Å². The number of anilines is 6. The summed E-state index contributed by atoms with van der Waals surface area (Å²) in [5.74, 6) is -0.402. The molecule has 0 unspecified atom stereocenters. The second-order valence-electron chi connectivity index (χ2n) is 39.7. The van der Waals surface area contributed by atoms with Crippen LogP contribution in [0, 0.1) is 11.8 Å². The average Bonchev–Trinajstić information content (AvgIpc) is 1.75. The van der Waals surface area contributed by atoms with Crippen LogP contribution in [0.3, 0.4) is 0 Å². The zero-order valence-corrected chi connectivity index (χ0v) is 86.8. The summed E-state index contributed by atoms with van der Waals surface area (Å²) >= 11 is 18.3. The predicted molar refractivity (Wildman–Crippen MR) is 547 cm³/mol. The van der Waals surface area contributed by atoms with E-state index in [0.717, 1.165) is 123 Å². The number of piperidine rings is 6. The molecule has 11 aliphatic heterocycles. The molecule has 3 spiro atoms. The van der Waals surface area contributed by atoms with Crippen molar-refractivity contribution in [1.82, 2.24) is 44.1 Å². The molecule has 6 aromatic carbocycles. The Morgan fingerprint density at radius 1 is 0.388 bits per heavy atom. The fourth-order valence-corrected chi connectivity index (χ4v) is 23.0. The van der Waals surface area contributed by atoms with Crippen LogP contribution in [0.4, 0.5) is 88.0 Å². The van der Waals surface area contributed by atoms with Gasteiger partial charge in [-0.25, -0.2) is 14.4 Å². The molecule has 1 saturated carbocycles. The van der Waals surface area contributed by atoms with E-state index >= 15 is 0 Å². The number of alkyl halides is 9. The van der Waals surface area contributed by atoms with E-state index in [2.05, 4.69) is 30.7 Å². The highest BCUT2D eigenvalue weighted by Gasteiger charge is 2.50. The number of nitrogens with two attached hydrogens (primary N) is 3. The van der Waals surface area contributed by atoms with E-state index in [-0.39, 0.29) is 81.8 Å². The van der Waals surface area contributed by atoms with Crippen LogP contribution in [0.1, 0.15) is 214 Å². The second-order valence-corrected chi connectivity index (χ2v) is 40.9. The summed E-state index contributed by atoms with van der Waals surface area (Å²) in [5.41, 5.74) is 16.2. The van der Waals surface area contributed by atoms with Gasteiger partial charge in [-0.05, 0) is 216 Å². The van der Waals surface area contributed by atoms with E-state index < -0.39 is 123 Å². The first kappa shape index (κ1) is 114. The lowest BCUT2D eigenvalue weighted by Crippen LogP contribution is -2.54.